The quantitative estimate of drug-likeness (QED) is 0.805. The number of nitrogens with zero attached hydrogens (tertiary/aromatic N) is 1. The summed E-state index contributed by atoms with van der Waals surface area (Å²) in [4.78, 5) is 14.3. The van der Waals surface area contributed by atoms with Crippen molar-refractivity contribution in [3.63, 3.8) is 0 Å². The standard InChI is InChI=1S/C15H15NO4S2/c1-11-4-9-15(21-11)22(18,19)20-13-7-5-12(6-8-13)16-10-2-3-14(16)17/h4-9H,2-3,10H2,1H3. The number of hydrogen-bond donors (Lipinski definition) is 0. The molecule has 0 radical (unpaired) electrons. The summed E-state index contributed by atoms with van der Waals surface area (Å²) in [6.45, 7) is 2.54. The number of anilines is 1. The van der Waals surface area contributed by atoms with E-state index in [-0.39, 0.29) is 15.9 Å². The first-order valence-corrected chi connectivity index (χ1v) is 9.09. The van der Waals surface area contributed by atoms with Gasteiger partial charge in [-0.1, -0.05) is 0 Å². The number of benzene rings is 1. The Bertz CT molecular complexity index is 793. The van der Waals surface area contributed by atoms with Gasteiger partial charge in [-0.3, -0.25) is 4.79 Å². The molecule has 0 aliphatic carbocycles. The third kappa shape index (κ3) is 3.00. The fourth-order valence-electron chi connectivity index (χ4n) is 2.32. The smallest absolute Gasteiger partial charge is 0.348 e. The first-order valence-electron chi connectivity index (χ1n) is 6.87. The van der Waals surface area contributed by atoms with Gasteiger partial charge >= 0.3 is 10.1 Å². The molecular formula is C15H15NO4S2. The van der Waals surface area contributed by atoms with Crippen molar-refractivity contribution < 1.29 is 17.4 Å². The minimum atomic E-state index is -3.80. The van der Waals surface area contributed by atoms with Gasteiger partial charge in [-0.15, -0.1) is 11.3 Å². The number of carbonyl (C=O) groups is 1. The molecule has 0 saturated carbocycles. The zero-order chi connectivity index (χ0) is 15.7. The lowest BCUT2D eigenvalue weighted by molar-refractivity contribution is -0.117. The monoisotopic (exact) mass is 337 g/mol. The van der Waals surface area contributed by atoms with Crippen LogP contribution in [-0.2, 0) is 14.9 Å². The van der Waals surface area contributed by atoms with Crippen molar-refractivity contribution in [1.29, 1.82) is 0 Å². The van der Waals surface area contributed by atoms with E-state index in [0.717, 1.165) is 17.0 Å². The van der Waals surface area contributed by atoms with Crippen molar-refractivity contribution >= 4 is 33.0 Å². The van der Waals surface area contributed by atoms with Gasteiger partial charge < -0.3 is 9.08 Å². The molecule has 1 aliphatic heterocycles. The Morgan fingerprint density at radius 3 is 2.41 bits per heavy atom. The number of carbonyl (C=O) groups excluding carboxylic acids is 1. The number of amides is 1. The molecule has 0 spiro atoms. The fourth-order valence-corrected chi connectivity index (χ4v) is 4.49. The molecule has 1 saturated heterocycles. The number of aryl methyl sites for hydroxylation is 1. The second-order valence-electron chi connectivity index (χ2n) is 5.05. The van der Waals surface area contributed by atoms with Crippen LogP contribution < -0.4 is 9.08 Å². The van der Waals surface area contributed by atoms with Gasteiger partial charge in [-0.25, -0.2) is 0 Å². The molecule has 116 valence electrons. The van der Waals surface area contributed by atoms with Crippen LogP contribution in [0.5, 0.6) is 5.75 Å². The summed E-state index contributed by atoms with van der Waals surface area (Å²) in [5, 5.41) is 0. The van der Waals surface area contributed by atoms with Gasteiger partial charge in [0, 0.05) is 23.5 Å². The lowest BCUT2D eigenvalue weighted by atomic mass is 10.3. The lowest BCUT2D eigenvalue weighted by Crippen LogP contribution is -2.23. The summed E-state index contributed by atoms with van der Waals surface area (Å²) < 4.78 is 29.6. The molecule has 1 aromatic heterocycles. The van der Waals surface area contributed by atoms with E-state index in [9.17, 15) is 13.2 Å². The molecule has 22 heavy (non-hydrogen) atoms. The van der Waals surface area contributed by atoms with Crippen LogP contribution in [0, 0.1) is 6.92 Å². The van der Waals surface area contributed by atoms with Crippen LogP contribution in [0.4, 0.5) is 5.69 Å². The summed E-state index contributed by atoms with van der Waals surface area (Å²) in [5.74, 6) is 0.330. The molecule has 0 N–H and O–H groups in total. The van der Waals surface area contributed by atoms with E-state index in [1.165, 1.54) is 17.4 Å². The molecule has 0 bridgehead atoms. The Balaban J connectivity index is 1.77. The Labute approximate surface area is 133 Å². The maximum Gasteiger partial charge on any atom is 0.348 e. The molecule has 7 heteroatoms. The van der Waals surface area contributed by atoms with Gasteiger partial charge in [0.1, 0.15) is 5.75 Å². The highest BCUT2D eigenvalue weighted by Gasteiger charge is 2.22. The van der Waals surface area contributed by atoms with Crippen molar-refractivity contribution in [3.8, 4) is 5.75 Å². The van der Waals surface area contributed by atoms with Gasteiger partial charge in [-0.2, -0.15) is 8.42 Å². The van der Waals surface area contributed by atoms with Crippen molar-refractivity contribution in [1.82, 2.24) is 0 Å². The number of rotatable bonds is 4. The molecule has 5 nitrogen and oxygen atoms in total. The topological polar surface area (TPSA) is 63.7 Å². The van der Waals surface area contributed by atoms with Crippen LogP contribution in [0.3, 0.4) is 0 Å². The fraction of sp³-hybridized carbons (Fsp3) is 0.267. The van der Waals surface area contributed by atoms with Crippen molar-refractivity contribution in [3.05, 3.63) is 41.3 Å². The van der Waals surface area contributed by atoms with Crippen LogP contribution in [0.2, 0.25) is 0 Å². The zero-order valence-corrected chi connectivity index (χ0v) is 13.6. The van der Waals surface area contributed by atoms with E-state index >= 15 is 0 Å². The summed E-state index contributed by atoms with van der Waals surface area (Å²) >= 11 is 1.17. The van der Waals surface area contributed by atoms with Crippen molar-refractivity contribution in [2.45, 2.75) is 24.0 Å². The van der Waals surface area contributed by atoms with Gasteiger partial charge in [0.15, 0.2) is 4.21 Å². The Morgan fingerprint density at radius 1 is 1.14 bits per heavy atom. The van der Waals surface area contributed by atoms with Crippen LogP contribution >= 0.6 is 11.3 Å². The average Bonchev–Trinajstić information content (AvgIpc) is 3.08. The highest BCUT2D eigenvalue weighted by atomic mass is 32.3. The first-order chi connectivity index (χ1) is 10.5. The van der Waals surface area contributed by atoms with E-state index < -0.39 is 10.1 Å². The molecule has 0 atom stereocenters. The maximum atomic E-state index is 12.1. The number of thiophene rings is 1. The first kappa shape index (κ1) is 15.1. The maximum absolute atomic E-state index is 12.1. The molecule has 3 rings (SSSR count). The summed E-state index contributed by atoms with van der Waals surface area (Å²) in [6, 6.07) is 9.81. The molecule has 1 fully saturated rings. The predicted molar refractivity (Wildman–Crippen MR) is 84.9 cm³/mol. The molecule has 1 amide bonds. The second-order valence-corrected chi connectivity index (χ2v) is 8.11. The average molecular weight is 337 g/mol. The van der Waals surface area contributed by atoms with E-state index in [1.807, 2.05) is 6.92 Å². The van der Waals surface area contributed by atoms with Crippen LogP contribution in [0.25, 0.3) is 0 Å². The van der Waals surface area contributed by atoms with Gasteiger partial charge in [0.25, 0.3) is 0 Å². The lowest BCUT2D eigenvalue weighted by Gasteiger charge is -2.15. The molecular weight excluding hydrogens is 322 g/mol. The highest BCUT2D eigenvalue weighted by molar-refractivity contribution is 7.89. The number of hydrogen-bond acceptors (Lipinski definition) is 5. The van der Waals surface area contributed by atoms with E-state index in [2.05, 4.69) is 0 Å². The van der Waals surface area contributed by atoms with Crippen LogP contribution in [-0.4, -0.2) is 20.9 Å². The molecule has 1 aromatic carbocycles. The molecule has 1 aliphatic rings. The Morgan fingerprint density at radius 2 is 1.86 bits per heavy atom. The van der Waals surface area contributed by atoms with Gasteiger partial charge in [0.05, 0.1) is 0 Å². The SMILES string of the molecule is Cc1ccc(S(=O)(=O)Oc2ccc(N3CCCC3=O)cc2)s1. The van der Waals surface area contributed by atoms with Crippen molar-refractivity contribution in [2.24, 2.45) is 0 Å². The summed E-state index contributed by atoms with van der Waals surface area (Å²) in [7, 11) is -3.80. The second kappa shape index (κ2) is 5.73. The largest absolute Gasteiger partial charge is 0.378 e. The van der Waals surface area contributed by atoms with Gasteiger partial charge in [0.2, 0.25) is 5.91 Å². The Kier molecular flexibility index (Phi) is 3.92. The Hall–Kier alpha value is -1.86. The predicted octanol–water partition coefficient (Wildman–Crippen LogP) is 2.95. The van der Waals surface area contributed by atoms with E-state index in [4.69, 9.17) is 4.18 Å². The zero-order valence-electron chi connectivity index (χ0n) is 12.0. The van der Waals surface area contributed by atoms with Crippen LogP contribution in [0.15, 0.2) is 40.6 Å². The summed E-state index contributed by atoms with van der Waals surface area (Å²) in [5.41, 5.74) is 0.763. The summed E-state index contributed by atoms with van der Waals surface area (Å²) in [6.07, 6.45) is 1.41. The van der Waals surface area contributed by atoms with E-state index in [0.29, 0.717) is 13.0 Å². The highest BCUT2D eigenvalue weighted by Crippen LogP contribution is 2.27. The van der Waals surface area contributed by atoms with Crippen molar-refractivity contribution in [2.75, 3.05) is 11.4 Å². The minimum Gasteiger partial charge on any atom is -0.378 e. The van der Waals surface area contributed by atoms with E-state index in [1.54, 1.807) is 35.2 Å². The van der Waals surface area contributed by atoms with Gasteiger partial charge in [-0.05, 0) is 49.7 Å². The molecule has 2 heterocycles. The molecule has 2 aromatic rings. The third-order valence-corrected chi connectivity index (χ3v) is 6.09. The molecule has 0 unspecified atom stereocenters. The normalized spacial score (nSPS) is 15.3. The van der Waals surface area contributed by atoms with Crippen LogP contribution in [0.1, 0.15) is 17.7 Å². The minimum absolute atomic E-state index is 0.0929. The third-order valence-electron chi connectivity index (χ3n) is 3.39.